The van der Waals surface area contributed by atoms with E-state index in [0.29, 0.717) is 34.7 Å². The van der Waals surface area contributed by atoms with Gasteiger partial charge in [0, 0.05) is 5.33 Å². The largest absolute Gasteiger partial charge is 0.490 e. The summed E-state index contributed by atoms with van der Waals surface area (Å²) >= 11 is 19.8. The second kappa shape index (κ2) is 12.5. The molecular formula is C18H16Br6O6S. The number of ether oxygens (including phenoxy) is 2. The van der Waals surface area contributed by atoms with E-state index < -0.39 is 15.9 Å². The van der Waals surface area contributed by atoms with Crippen LogP contribution in [0.4, 0.5) is 0 Å². The molecule has 2 N–H and O–H groups in total. The van der Waals surface area contributed by atoms with Gasteiger partial charge in [-0.05, 0) is 88.0 Å². The highest BCUT2D eigenvalue weighted by Crippen LogP contribution is 2.41. The van der Waals surface area contributed by atoms with Gasteiger partial charge in [0.1, 0.15) is 24.7 Å². The van der Waals surface area contributed by atoms with E-state index in [9.17, 15) is 13.5 Å². The van der Waals surface area contributed by atoms with Crippen LogP contribution in [0.25, 0.3) is 0 Å². The summed E-state index contributed by atoms with van der Waals surface area (Å²) in [5.74, 6) is 0.812. The normalized spacial score (nSPS) is 13.7. The molecule has 0 fully saturated rings. The van der Waals surface area contributed by atoms with Crippen molar-refractivity contribution in [1.29, 1.82) is 0 Å². The Balaban J connectivity index is 2.37. The van der Waals surface area contributed by atoms with Gasteiger partial charge in [0.15, 0.2) is 0 Å². The van der Waals surface area contributed by atoms with E-state index in [1.165, 1.54) is 24.3 Å². The van der Waals surface area contributed by atoms with E-state index in [1.807, 2.05) is 0 Å². The summed E-state index contributed by atoms with van der Waals surface area (Å²) in [5.41, 5.74) is 0. The zero-order valence-corrected chi connectivity index (χ0v) is 25.8. The molecule has 0 aliphatic heterocycles. The number of benzene rings is 2. The van der Waals surface area contributed by atoms with Crippen molar-refractivity contribution in [3.05, 3.63) is 42.2 Å². The Morgan fingerprint density at radius 3 is 1.58 bits per heavy atom. The van der Waals surface area contributed by atoms with Crippen LogP contribution in [0, 0.1) is 0 Å². The second-order valence-corrected chi connectivity index (χ2v) is 13.5. The van der Waals surface area contributed by atoms with Crippen LogP contribution in [0.1, 0.15) is 0 Å². The number of sulfone groups is 1. The molecule has 0 radical (unpaired) electrons. The molecular weight excluding hydrogens is 824 g/mol. The van der Waals surface area contributed by atoms with Crippen LogP contribution in [0.15, 0.2) is 51.9 Å². The van der Waals surface area contributed by atoms with Gasteiger partial charge in [-0.3, -0.25) is 0 Å². The zero-order valence-electron chi connectivity index (χ0n) is 15.5. The van der Waals surface area contributed by atoms with Gasteiger partial charge < -0.3 is 19.7 Å². The van der Waals surface area contributed by atoms with Crippen molar-refractivity contribution in [2.45, 2.75) is 20.7 Å². The van der Waals surface area contributed by atoms with Crippen molar-refractivity contribution in [2.75, 3.05) is 25.2 Å². The number of hydrogen-bond donors (Lipinski definition) is 2. The zero-order chi connectivity index (χ0) is 23.3. The molecule has 2 aromatic carbocycles. The van der Waals surface area contributed by atoms with Crippen molar-refractivity contribution >= 4 is 105 Å². The summed E-state index contributed by atoms with van der Waals surface area (Å²) in [4.78, 5) is -0.146. The Morgan fingerprint density at radius 2 is 1.23 bits per heavy atom. The van der Waals surface area contributed by atoms with Crippen LogP contribution in [-0.4, -0.2) is 54.7 Å². The lowest BCUT2D eigenvalue weighted by atomic mass is 10.3. The molecule has 0 aliphatic rings. The molecule has 0 aliphatic carbocycles. The molecule has 0 bridgehead atoms. The van der Waals surface area contributed by atoms with Crippen molar-refractivity contribution in [2.24, 2.45) is 0 Å². The van der Waals surface area contributed by atoms with E-state index in [0.717, 1.165) is 0 Å². The van der Waals surface area contributed by atoms with E-state index >= 15 is 0 Å². The number of halogens is 6. The van der Waals surface area contributed by atoms with Gasteiger partial charge >= 0.3 is 0 Å². The molecule has 0 saturated carbocycles. The molecule has 2 aromatic rings. The summed E-state index contributed by atoms with van der Waals surface area (Å²) in [6, 6.07) is 5.80. The molecule has 6 nitrogen and oxygen atoms in total. The Bertz CT molecular complexity index is 911. The Hall–Kier alpha value is 0.790. The lowest BCUT2D eigenvalue weighted by Gasteiger charge is -2.16. The highest BCUT2D eigenvalue weighted by molar-refractivity contribution is 9.11. The highest BCUT2D eigenvalue weighted by Gasteiger charge is 2.24. The topological polar surface area (TPSA) is 93.1 Å². The van der Waals surface area contributed by atoms with Crippen molar-refractivity contribution in [3.63, 3.8) is 0 Å². The van der Waals surface area contributed by atoms with E-state index in [2.05, 4.69) is 95.6 Å². The highest BCUT2D eigenvalue weighted by atomic mass is 79.9. The third-order valence-electron chi connectivity index (χ3n) is 3.77. The fourth-order valence-electron chi connectivity index (χ4n) is 2.25. The second-order valence-electron chi connectivity index (χ2n) is 6.15. The molecule has 0 saturated heterocycles. The third-order valence-corrected chi connectivity index (χ3v) is 9.14. The van der Waals surface area contributed by atoms with Gasteiger partial charge in [-0.1, -0.05) is 31.9 Å². The smallest absolute Gasteiger partial charge is 0.206 e. The minimum atomic E-state index is -3.87. The average molecular weight is 840 g/mol. The first kappa shape index (κ1) is 28.0. The average Bonchev–Trinajstić information content (AvgIpc) is 2.71. The Morgan fingerprint density at radius 1 is 0.839 bits per heavy atom. The molecule has 2 unspecified atom stereocenters. The summed E-state index contributed by atoms with van der Waals surface area (Å²) < 4.78 is 39.4. The van der Waals surface area contributed by atoms with Gasteiger partial charge in [-0.2, -0.15) is 0 Å². The predicted octanol–water partition coefficient (Wildman–Crippen LogP) is 5.84. The van der Waals surface area contributed by atoms with Crippen molar-refractivity contribution in [3.8, 4) is 11.5 Å². The van der Waals surface area contributed by atoms with Gasteiger partial charge in [-0.15, -0.1) is 0 Å². The fraction of sp³-hybridized carbons (Fsp3) is 0.333. The summed E-state index contributed by atoms with van der Waals surface area (Å²) in [6.07, 6.45) is -0.699. The van der Waals surface area contributed by atoms with Gasteiger partial charge in [0.2, 0.25) is 9.84 Å². The Kier molecular flexibility index (Phi) is 11.3. The molecule has 0 spiro atoms. The summed E-state index contributed by atoms with van der Waals surface area (Å²) in [6.45, 7) is 0.145. The number of hydrogen-bond acceptors (Lipinski definition) is 6. The number of aliphatic hydroxyl groups is 2. The first-order chi connectivity index (χ1) is 14.5. The minimum absolute atomic E-state index is 0.0431. The number of rotatable bonds is 10. The van der Waals surface area contributed by atoms with Gasteiger partial charge in [-0.25, -0.2) is 8.42 Å². The quantitative estimate of drug-likeness (QED) is 0.293. The predicted molar refractivity (Wildman–Crippen MR) is 140 cm³/mol. The van der Waals surface area contributed by atoms with Crippen LogP contribution < -0.4 is 9.47 Å². The molecule has 13 heteroatoms. The molecule has 2 rings (SSSR count). The van der Waals surface area contributed by atoms with Crippen LogP contribution >= 0.6 is 95.6 Å². The minimum Gasteiger partial charge on any atom is -0.490 e. The monoisotopic (exact) mass is 834 g/mol. The lowest BCUT2D eigenvalue weighted by Crippen LogP contribution is -2.19. The molecule has 2 atom stereocenters. The molecule has 0 heterocycles. The fourth-order valence-corrected chi connectivity index (χ4v) is 7.37. The number of alkyl halides is 2. The molecule has 0 aromatic heterocycles. The summed E-state index contributed by atoms with van der Waals surface area (Å²) in [5, 5.41) is 19.1. The van der Waals surface area contributed by atoms with E-state index in [4.69, 9.17) is 14.6 Å². The van der Waals surface area contributed by atoms with Crippen molar-refractivity contribution in [1.82, 2.24) is 0 Å². The summed E-state index contributed by atoms with van der Waals surface area (Å²) in [7, 11) is -3.87. The first-order valence-electron chi connectivity index (χ1n) is 8.49. The maximum absolute atomic E-state index is 13.2. The van der Waals surface area contributed by atoms with E-state index in [1.54, 1.807) is 0 Å². The maximum atomic E-state index is 13.2. The van der Waals surface area contributed by atoms with Crippen LogP contribution in [0.2, 0.25) is 0 Å². The van der Waals surface area contributed by atoms with Crippen LogP contribution in [0.3, 0.4) is 0 Å². The van der Waals surface area contributed by atoms with E-state index in [-0.39, 0.29) is 34.4 Å². The van der Waals surface area contributed by atoms with Gasteiger partial charge in [0.05, 0.1) is 45.2 Å². The lowest BCUT2D eigenvalue weighted by molar-refractivity contribution is 0.126. The van der Waals surface area contributed by atoms with Crippen molar-refractivity contribution < 1.29 is 28.1 Å². The molecule has 31 heavy (non-hydrogen) atoms. The molecule has 172 valence electrons. The standard InChI is InChI=1S/C18H16Br6O6S/c19-5-10(26)8-30-18-15(23)3-12(4-16(18)24)31(27,28)11-1-13(21)17(14(22)2-11)29-7-9(20)6-25/h1-4,9-10,25-26H,5-8H2. The van der Waals surface area contributed by atoms with Crippen LogP contribution in [0.5, 0.6) is 11.5 Å². The first-order valence-corrected chi connectivity index (χ1v) is 15.2. The third kappa shape index (κ3) is 7.38. The number of aliphatic hydroxyl groups excluding tert-OH is 2. The van der Waals surface area contributed by atoms with Gasteiger partial charge in [0.25, 0.3) is 0 Å². The Labute approximate surface area is 230 Å². The molecule has 0 amide bonds. The van der Waals surface area contributed by atoms with Crippen LogP contribution in [-0.2, 0) is 9.84 Å². The SMILES string of the molecule is O=S(=O)(c1cc(Br)c(OCC(O)CBr)c(Br)c1)c1cc(Br)c(OCC(Br)CO)c(Br)c1. The maximum Gasteiger partial charge on any atom is 0.206 e.